The Bertz CT molecular complexity index is 710. The minimum Gasteiger partial charge on any atom is -0.481 e. The summed E-state index contributed by atoms with van der Waals surface area (Å²) in [6.07, 6.45) is 0.641. The Kier molecular flexibility index (Phi) is 7.59. The molecule has 0 saturated carbocycles. The van der Waals surface area contributed by atoms with E-state index in [-0.39, 0.29) is 5.57 Å². The highest BCUT2D eigenvalue weighted by atomic mass is 16.4. The molecule has 0 bridgehead atoms. The normalized spacial score (nSPS) is 10.6. The van der Waals surface area contributed by atoms with Crippen molar-refractivity contribution in [3.8, 4) is 0 Å². The summed E-state index contributed by atoms with van der Waals surface area (Å²) in [5.41, 5.74) is 1.44. The minimum absolute atomic E-state index is 0.178. The molecule has 6 nitrogen and oxygen atoms in total. The van der Waals surface area contributed by atoms with Crippen LogP contribution >= 0.6 is 0 Å². The summed E-state index contributed by atoms with van der Waals surface area (Å²) < 4.78 is 0. The Morgan fingerprint density at radius 2 is 1.20 bits per heavy atom. The topological polar surface area (TPSA) is 112 Å². The summed E-state index contributed by atoms with van der Waals surface area (Å²) >= 11 is 0. The maximum Gasteiger partial charge on any atom is 0.331 e. The summed E-state index contributed by atoms with van der Waals surface area (Å²) in [6, 6.07) is 18.5. The van der Waals surface area contributed by atoms with Gasteiger partial charge in [-0.2, -0.15) is 0 Å². The molecule has 0 radical (unpaired) electrons. The van der Waals surface area contributed by atoms with Gasteiger partial charge in [-0.05, 0) is 18.1 Å². The highest BCUT2D eigenvalue weighted by Gasteiger charge is 2.21. The average molecular weight is 342 g/mol. The van der Waals surface area contributed by atoms with Gasteiger partial charge in [0.2, 0.25) is 0 Å². The molecule has 0 unspecified atom stereocenters. The van der Waals surface area contributed by atoms with Crippen molar-refractivity contribution in [3.05, 3.63) is 83.4 Å². The van der Waals surface area contributed by atoms with Crippen LogP contribution in [0.5, 0.6) is 0 Å². The Morgan fingerprint density at radius 3 is 1.44 bits per heavy atom. The van der Waals surface area contributed by atoms with E-state index in [9.17, 15) is 19.5 Å². The van der Waals surface area contributed by atoms with E-state index in [1.807, 2.05) is 60.7 Å². The summed E-state index contributed by atoms with van der Waals surface area (Å²) in [4.78, 5) is 31.0. The third kappa shape index (κ3) is 6.70. The maximum atomic E-state index is 11.3. The summed E-state index contributed by atoms with van der Waals surface area (Å²) in [6.45, 7) is 1.22. The van der Waals surface area contributed by atoms with Gasteiger partial charge >= 0.3 is 17.9 Å². The zero-order valence-corrected chi connectivity index (χ0v) is 13.5. The van der Waals surface area contributed by atoms with Crippen molar-refractivity contribution in [1.82, 2.24) is 0 Å². The number of aliphatic carboxylic acids is 3. The van der Waals surface area contributed by atoms with Gasteiger partial charge < -0.3 is 15.3 Å². The quantitative estimate of drug-likeness (QED) is 0.720. The molecule has 0 atom stereocenters. The lowest BCUT2D eigenvalue weighted by molar-refractivity contribution is -0.137. The van der Waals surface area contributed by atoms with Crippen LogP contribution in [0.1, 0.15) is 24.0 Å². The lowest BCUT2D eigenvalue weighted by Gasteiger charge is -2.12. The van der Waals surface area contributed by atoms with Crippen LogP contribution in [0, 0.1) is 0 Å². The molecular weight excluding hydrogens is 324 g/mol. The van der Waals surface area contributed by atoms with E-state index in [0.717, 1.165) is 11.1 Å². The molecule has 25 heavy (non-hydrogen) atoms. The Labute approximate surface area is 144 Å². The molecule has 0 aliphatic rings. The fourth-order valence-corrected chi connectivity index (χ4v) is 2.02. The molecule has 2 aromatic rings. The van der Waals surface area contributed by atoms with Crippen molar-refractivity contribution >= 4 is 17.9 Å². The molecular formula is C19H18O6. The van der Waals surface area contributed by atoms with Crippen molar-refractivity contribution in [1.29, 1.82) is 0 Å². The molecule has 6 heteroatoms. The summed E-state index contributed by atoms with van der Waals surface area (Å²) in [5, 5.41) is 25.4. The third-order valence-corrected chi connectivity index (χ3v) is 3.19. The van der Waals surface area contributed by atoms with Crippen molar-refractivity contribution < 1.29 is 29.7 Å². The standard InChI is InChI=1S/C14H12O2.C5H6O4/c15-14(16)13(11-7-3-1-4-8-11)12-9-5-2-6-10-12;1-3(5(8)9)2-4(6)7/h1-10,13H,(H,15,16);2H,1H3,(H,6,7)(H,8,9)/b;3-2+. The van der Waals surface area contributed by atoms with Gasteiger partial charge in [-0.3, -0.25) is 4.79 Å². The van der Waals surface area contributed by atoms with Crippen LogP contribution in [-0.2, 0) is 14.4 Å². The van der Waals surface area contributed by atoms with Gasteiger partial charge in [0.15, 0.2) is 0 Å². The third-order valence-electron chi connectivity index (χ3n) is 3.19. The first-order valence-corrected chi connectivity index (χ1v) is 7.30. The van der Waals surface area contributed by atoms with E-state index in [2.05, 4.69) is 0 Å². The van der Waals surface area contributed by atoms with Crippen molar-refractivity contribution in [2.45, 2.75) is 12.8 Å². The number of hydrogen-bond acceptors (Lipinski definition) is 3. The van der Waals surface area contributed by atoms with Crippen LogP contribution < -0.4 is 0 Å². The van der Waals surface area contributed by atoms with Gasteiger partial charge in [-0.1, -0.05) is 60.7 Å². The second-order valence-corrected chi connectivity index (χ2v) is 5.06. The van der Waals surface area contributed by atoms with Crippen molar-refractivity contribution in [2.24, 2.45) is 0 Å². The molecule has 0 spiro atoms. The predicted molar refractivity (Wildman–Crippen MR) is 91.4 cm³/mol. The predicted octanol–water partition coefficient (Wildman–Crippen LogP) is 3.01. The second-order valence-electron chi connectivity index (χ2n) is 5.06. The van der Waals surface area contributed by atoms with Crippen molar-refractivity contribution in [3.63, 3.8) is 0 Å². The molecule has 2 rings (SSSR count). The van der Waals surface area contributed by atoms with Gasteiger partial charge in [-0.25, -0.2) is 9.59 Å². The fraction of sp³-hybridized carbons (Fsp3) is 0.105. The van der Waals surface area contributed by atoms with Crippen LogP contribution in [0.15, 0.2) is 72.3 Å². The van der Waals surface area contributed by atoms with Gasteiger partial charge in [-0.15, -0.1) is 0 Å². The maximum absolute atomic E-state index is 11.3. The summed E-state index contributed by atoms with van der Waals surface area (Å²) in [5.74, 6) is -3.85. The van der Waals surface area contributed by atoms with Crippen molar-refractivity contribution in [2.75, 3.05) is 0 Å². The Morgan fingerprint density at radius 1 is 0.800 bits per heavy atom. The largest absolute Gasteiger partial charge is 0.481 e. The molecule has 0 aromatic heterocycles. The fourth-order valence-electron chi connectivity index (χ4n) is 2.02. The Hall–Kier alpha value is -3.41. The zero-order chi connectivity index (χ0) is 18.8. The van der Waals surface area contributed by atoms with E-state index in [0.29, 0.717) is 6.08 Å². The first kappa shape index (κ1) is 19.6. The summed E-state index contributed by atoms with van der Waals surface area (Å²) in [7, 11) is 0. The first-order valence-electron chi connectivity index (χ1n) is 7.30. The molecule has 0 aliphatic heterocycles. The Balaban J connectivity index is 0.000000299. The smallest absolute Gasteiger partial charge is 0.331 e. The van der Waals surface area contributed by atoms with E-state index >= 15 is 0 Å². The number of carbonyl (C=O) groups is 3. The number of carboxylic acid groups (broad SMARTS) is 3. The number of hydrogen-bond donors (Lipinski definition) is 3. The molecule has 3 N–H and O–H groups in total. The monoisotopic (exact) mass is 342 g/mol. The van der Waals surface area contributed by atoms with E-state index in [4.69, 9.17) is 10.2 Å². The lowest BCUT2D eigenvalue weighted by Crippen LogP contribution is -2.12. The van der Waals surface area contributed by atoms with Gasteiger partial charge in [0, 0.05) is 11.6 Å². The molecule has 2 aromatic carbocycles. The van der Waals surface area contributed by atoms with Crippen LogP contribution in [-0.4, -0.2) is 33.2 Å². The molecule has 0 aliphatic carbocycles. The molecule has 0 heterocycles. The minimum atomic E-state index is -1.24. The van der Waals surface area contributed by atoms with Crippen LogP contribution in [0.2, 0.25) is 0 Å². The van der Waals surface area contributed by atoms with Crippen LogP contribution in [0.4, 0.5) is 0 Å². The van der Waals surface area contributed by atoms with Gasteiger partial charge in [0.1, 0.15) is 5.92 Å². The molecule has 0 fully saturated rings. The second kappa shape index (κ2) is 9.67. The SMILES string of the molecule is C/C(=C\C(=O)O)C(=O)O.O=C(O)C(c1ccccc1)c1ccccc1. The highest BCUT2D eigenvalue weighted by Crippen LogP contribution is 2.24. The van der Waals surface area contributed by atoms with Crippen LogP contribution in [0.25, 0.3) is 0 Å². The number of benzene rings is 2. The zero-order valence-electron chi connectivity index (χ0n) is 13.5. The van der Waals surface area contributed by atoms with Gasteiger partial charge in [0.05, 0.1) is 0 Å². The first-order chi connectivity index (χ1) is 11.8. The molecule has 0 saturated heterocycles. The number of rotatable bonds is 5. The molecule has 130 valence electrons. The van der Waals surface area contributed by atoms with E-state index < -0.39 is 23.8 Å². The van der Waals surface area contributed by atoms with E-state index in [1.54, 1.807) is 0 Å². The molecule has 0 amide bonds. The van der Waals surface area contributed by atoms with Crippen LogP contribution in [0.3, 0.4) is 0 Å². The van der Waals surface area contributed by atoms with Gasteiger partial charge in [0.25, 0.3) is 0 Å². The highest BCUT2D eigenvalue weighted by molar-refractivity contribution is 5.94. The lowest BCUT2D eigenvalue weighted by atomic mass is 9.92. The average Bonchev–Trinajstić information content (AvgIpc) is 2.56. The number of carboxylic acids is 3. The van der Waals surface area contributed by atoms with E-state index in [1.165, 1.54) is 6.92 Å².